The summed E-state index contributed by atoms with van der Waals surface area (Å²) in [4.78, 5) is 18.7. The van der Waals surface area contributed by atoms with E-state index in [0.29, 0.717) is 44.0 Å². The molecule has 3 rings (SSSR count). The first kappa shape index (κ1) is 18.1. The number of aromatic nitrogens is 1. The second kappa shape index (κ2) is 8.63. The summed E-state index contributed by atoms with van der Waals surface area (Å²) in [6.07, 6.45) is 4.56. The van der Waals surface area contributed by atoms with Gasteiger partial charge in [0.25, 0.3) is 0 Å². The summed E-state index contributed by atoms with van der Waals surface area (Å²) in [5, 5.41) is 10.4. The maximum Gasteiger partial charge on any atom is 0.222 e. The lowest BCUT2D eigenvalue weighted by atomic mass is 9.96. The SMILES string of the molecule is Cc1ncccc1O[C@H]1CCN(C(=O)CC2CCOCC2)CC[C@@H]1O. The minimum absolute atomic E-state index is 0.192. The Morgan fingerprint density at radius 3 is 2.84 bits per heavy atom. The van der Waals surface area contributed by atoms with Crippen LogP contribution in [0.4, 0.5) is 0 Å². The van der Waals surface area contributed by atoms with E-state index in [2.05, 4.69) is 4.98 Å². The van der Waals surface area contributed by atoms with E-state index in [4.69, 9.17) is 9.47 Å². The highest BCUT2D eigenvalue weighted by Crippen LogP contribution is 2.24. The molecule has 2 fully saturated rings. The normalized spacial score (nSPS) is 25.4. The molecule has 2 atom stereocenters. The van der Waals surface area contributed by atoms with Gasteiger partial charge in [-0.1, -0.05) is 0 Å². The number of pyridine rings is 1. The third-order valence-corrected chi connectivity index (χ3v) is 5.20. The molecule has 1 aromatic heterocycles. The number of aryl methyl sites for hydroxylation is 1. The minimum Gasteiger partial charge on any atom is -0.486 e. The largest absolute Gasteiger partial charge is 0.486 e. The van der Waals surface area contributed by atoms with Crippen molar-refractivity contribution in [2.45, 2.75) is 51.2 Å². The van der Waals surface area contributed by atoms with Gasteiger partial charge in [0.1, 0.15) is 11.9 Å². The average molecular weight is 348 g/mol. The predicted octanol–water partition coefficient (Wildman–Crippen LogP) is 1.94. The number of aliphatic hydroxyl groups is 1. The molecule has 0 aromatic carbocycles. The van der Waals surface area contributed by atoms with Crippen molar-refractivity contribution in [3.8, 4) is 5.75 Å². The zero-order chi connectivity index (χ0) is 17.6. The third-order valence-electron chi connectivity index (χ3n) is 5.20. The van der Waals surface area contributed by atoms with E-state index in [0.717, 1.165) is 31.7 Å². The van der Waals surface area contributed by atoms with Crippen molar-refractivity contribution in [1.82, 2.24) is 9.88 Å². The zero-order valence-electron chi connectivity index (χ0n) is 14.9. The third kappa shape index (κ3) is 4.92. The summed E-state index contributed by atoms with van der Waals surface area (Å²) in [6, 6.07) is 3.70. The van der Waals surface area contributed by atoms with Gasteiger partial charge in [0.15, 0.2) is 0 Å². The van der Waals surface area contributed by atoms with Gasteiger partial charge >= 0.3 is 0 Å². The monoisotopic (exact) mass is 348 g/mol. The first-order valence-corrected chi connectivity index (χ1v) is 9.25. The smallest absolute Gasteiger partial charge is 0.222 e. The van der Waals surface area contributed by atoms with Crippen LogP contribution >= 0.6 is 0 Å². The number of carbonyl (C=O) groups excluding carboxylic acids is 1. The first-order valence-electron chi connectivity index (χ1n) is 9.25. The molecule has 0 bridgehead atoms. The quantitative estimate of drug-likeness (QED) is 0.900. The van der Waals surface area contributed by atoms with Crippen LogP contribution in [0, 0.1) is 12.8 Å². The highest BCUT2D eigenvalue weighted by Gasteiger charge is 2.29. The number of carbonyl (C=O) groups is 1. The molecule has 2 aliphatic rings. The van der Waals surface area contributed by atoms with Gasteiger partial charge in [0, 0.05) is 45.3 Å². The maximum atomic E-state index is 12.6. The van der Waals surface area contributed by atoms with E-state index in [1.807, 2.05) is 24.0 Å². The summed E-state index contributed by atoms with van der Waals surface area (Å²) in [7, 11) is 0. The van der Waals surface area contributed by atoms with Gasteiger partial charge < -0.3 is 19.5 Å². The Kier molecular flexibility index (Phi) is 6.26. The fraction of sp³-hybridized carbons (Fsp3) is 0.684. The maximum absolute atomic E-state index is 12.6. The summed E-state index contributed by atoms with van der Waals surface area (Å²) in [6.45, 7) is 4.63. The number of amides is 1. The van der Waals surface area contributed by atoms with Crippen molar-refractivity contribution in [3.05, 3.63) is 24.0 Å². The summed E-state index contributed by atoms with van der Waals surface area (Å²) in [5.41, 5.74) is 0.811. The van der Waals surface area contributed by atoms with Gasteiger partial charge in [0.05, 0.1) is 11.8 Å². The second-order valence-corrected chi connectivity index (χ2v) is 7.03. The van der Waals surface area contributed by atoms with Crippen molar-refractivity contribution in [2.24, 2.45) is 5.92 Å². The highest BCUT2D eigenvalue weighted by atomic mass is 16.5. The van der Waals surface area contributed by atoms with Crippen LogP contribution in [0.2, 0.25) is 0 Å². The van der Waals surface area contributed by atoms with Gasteiger partial charge in [-0.15, -0.1) is 0 Å². The number of hydrogen-bond acceptors (Lipinski definition) is 5. The number of rotatable bonds is 4. The van der Waals surface area contributed by atoms with Gasteiger partial charge in [-0.2, -0.15) is 0 Å². The van der Waals surface area contributed by atoms with E-state index >= 15 is 0 Å². The molecule has 0 spiro atoms. The molecule has 0 radical (unpaired) electrons. The Labute approximate surface area is 149 Å². The molecule has 1 N–H and O–H groups in total. The van der Waals surface area contributed by atoms with Gasteiger partial charge in [-0.05, 0) is 44.2 Å². The summed E-state index contributed by atoms with van der Waals surface area (Å²) in [5.74, 6) is 1.32. The van der Waals surface area contributed by atoms with Crippen LogP contribution in [0.25, 0.3) is 0 Å². The minimum atomic E-state index is -0.569. The van der Waals surface area contributed by atoms with Crippen LogP contribution in [0.1, 0.15) is 37.8 Å². The standard InChI is InChI=1S/C19H28N2O4/c1-14-17(3-2-8-20-14)25-18-5-10-21(9-4-16(18)22)19(23)13-15-6-11-24-12-7-15/h2-3,8,15-16,18,22H,4-7,9-13H2,1H3/t16-,18-/m0/s1. The van der Waals surface area contributed by atoms with Crippen LogP contribution in [0.5, 0.6) is 5.75 Å². The molecular formula is C19H28N2O4. The number of hydrogen-bond donors (Lipinski definition) is 1. The number of ether oxygens (including phenoxy) is 2. The van der Waals surface area contributed by atoms with E-state index in [1.165, 1.54) is 0 Å². The molecule has 6 heteroatoms. The molecule has 1 amide bonds. The van der Waals surface area contributed by atoms with E-state index < -0.39 is 6.10 Å². The molecule has 3 heterocycles. The van der Waals surface area contributed by atoms with Crippen molar-refractivity contribution >= 4 is 5.91 Å². The van der Waals surface area contributed by atoms with Crippen LogP contribution in [0.15, 0.2) is 18.3 Å². The van der Waals surface area contributed by atoms with Crippen LogP contribution in [0.3, 0.4) is 0 Å². The molecule has 25 heavy (non-hydrogen) atoms. The fourth-order valence-electron chi connectivity index (χ4n) is 3.53. The molecule has 0 unspecified atom stereocenters. The van der Waals surface area contributed by atoms with Gasteiger partial charge in [0.2, 0.25) is 5.91 Å². The summed E-state index contributed by atoms with van der Waals surface area (Å²) < 4.78 is 11.4. The number of likely N-dealkylation sites (tertiary alicyclic amines) is 1. The second-order valence-electron chi connectivity index (χ2n) is 7.03. The Morgan fingerprint density at radius 1 is 1.32 bits per heavy atom. The lowest BCUT2D eigenvalue weighted by molar-refractivity contribution is -0.132. The van der Waals surface area contributed by atoms with Crippen molar-refractivity contribution in [3.63, 3.8) is 0 Å². The van der Waals surface area contributed by atoms with Crippen molar-refractivity contribution in [2.75, 3.05) is 26.3 Å². The van der Waals surface area contributed by atoms with E-state index in [1.54, 1.807) is 6.20 Å². The van der Waals surface area contributed by atoms with Crippen LogP contribution in [-0.2, 0) is 9.53 Å². The molecule has 138 valence electrons. The molecule has 0 saturated carbocycles. The molecule has 2 aliphatic heterocycles. The number of aliphatic hydroxyl groups excluding tert-OH is 1. The molecule has 6 nitrogen and oxygen atoms in total. The van der Waals surface area contributed by atoms with Gasteiger partial charge in [-0.25, -0.2) is 0 Å². The molecule has 2 saturated heterocycles. The van der Waals surface area contributed by atoms with E-state index in [-0.39, 0.29) is 12.0 Å². The lowest BCUT2D eigenvalue weighted by Gasteiger charge is -2.26. The molecular weight excluding hydrogens is 320 g/mol. The predicted molar refractivity (Wildman–Crippen MR) is 93.4 cm³/mol. The Bertz CT molecular complexity index is 574. The lowest BCUT2D eigenvalue weighted by Crippen LogP contribution is -2.34. The highest BCUT2D eigenvalue weighted by molar-refractivity contribution is 5.76. The number of nitrogens with zero attached hydrogens (tertiary/aromatic N) is 2. The topological polar surface area (TPSA) is 71.9 Å². The Balaban J connectivity index is 1.55. The van der Waals surface area contributed by atoms with Crippen LogP contribution in [-0.4, -0.2) is 59.4 Å². The Morgan fingerprint density at radius 2 is 2.08 bits per heavy atom. The van der Waals surface area contributed by atoms with Crippen LogP contribution < -0.4 is 4.74 Å². The van der Waals surface area contributed by atoms with Crippen molar-refractivity contribution in [1.29, 1.82) is 0 Å². The molecule has 1 aromatic rings. The zero-order valence-corrected chi connectivity index (χ0v) is 14.9. The van der Waals surface area contributed by atoms with Crippen molar-refractivity contribution < 1.29 is 19.4 Å². The average Bonchev–Trinajstić information content (AvgIpc) is 2.80. The van der Waals surface area contributed by atoms with E-state index in [9.17, 15) is 9.90 Å². The first-order chi connectivity index (χ1) is 12.1. The van der Waals surface area contributed by atoms with Gasteiger partial charge in [-0.3, -0.25) is 9.78 Å². The fourth-order valence-corrected chi connectivity index (χ4v) is 3.53. The summed E-state index contributed by atoms with van der Waals surface area (Å²) >= 11 is 0. The molecule has 0 aliphatic carbocycles. The Hall–Kier alpha value is -1.66.